The minimum atomic E-state index is -1.82. The van der Waals surface area contributed by atoms with Gasteiger partial charge in [0.2, 0.25) is 0 Å². The zero-order valence-electron chi connectivity index (χ0n) is 16.9. The summed E-state index contributed by atoms with van der Waals surface area (Å²) in [4.78, 5) is 20.8. The van der Waals surface area contributed by atoms with E-state index in [-0.39, 0.29) is 0 Å². The lowest BCUT2D eigenvalue weighted by atomic mass is 10.0. The first-order chi connectivity index (χ1) is 13.4. The molecule has 2 rings (SSSR count). The van der Waals surface area contributed by atoms with Crippen LogP contribution >= 0.6 is 0 Å². The summed E-state index contributed by atoms with van der Waals surface area (Å²) in [7, 11) is 1.69. The largest absolute Gasteiger partial charge is 0.493 e. The maximum absolute atomic E-state index is 9.10. The fourth-order valence-corrected chi connectivity index (χ4v) is 3.06. The molecule has 1 saturated heterocycles. The van der Waals surface area contributed by atoms with Crippen molar-refractivity contribution in [3.8, 4) is 11.5 Å². The van der Waals surface area contributed by atoms with Gasteiger partial charge in [0.15, 0.2) is 11.5 Å². The van der Waals surface area contributed by atoms with Crippen LogP contribution in [0.25, 0.3) is 6.08 Å². The first kappa shape index (κ1) is 23.5. The normalized spacial score (nSPS) is 16.9. The molecule has 0 bridgehead atoms. The molecular formula is C21H31NO6. The number of carboxylic acid groups (broad SMARTS) is 2. The van der Waals surface area contributed by atoms with Crippen LogP contribution in [0.3, 0.4) is 0 Å². The number of ether oxygens (including phenoxy) is 2. The first-order valence-electron chi connectivity index (χ1n) is 9.49. The van der Waals surface area contributed by atoms with Gasteiger partial charge in [-0.05, 0) is 56.3 Å². The summed E-state index contributed by atoms with van der Waals surface area (Å²) >= 11 is 0. The molecular weight excluding hydrogens is 362 g/mol. The number of rotatable bonds is 7. The van der Waals surface area contributed by atoms with Crippen LogP contribution in [0.4, 0.5) is 0 Å². The van der Waals surface area contributed by atoms with Crippen molar-refractivity contribution in [2.24, 2.45) is 5.92 Å². The van der Waals surface area contributed by atoms with Gasteiger partial charge < -0.3 is 24.6 Å². The lowest BCUT2D eigenvalue weighted by Crippen LogP contribution is -2.35. The molecule has 7 heteroatoms. The Bertz CT molecular complexity index is 646. The number of benzene rings is 1. The van der Waals surface area contributed by atoms with E-state index in [1.54, 1.807) is 7.11 Å². The fourth-order valence-electron chi connectivity index (χ4n) is 3.06. The van der Waals surface area contributed by atoms with Crippen molar-refractivity contribution in [1.29, 1.82) is 0 Å². The first-order valence-corrected chi connectivity index (χ1v) is 9.49. The van der Waals surface area contributed by atoms with E-state index in [2.05, 4.69) is 24.0 Å². The highest BCUT2D eigenvalue weighted by atomic mass is 16.5. The SMILES string of the molecule is C/C=C/c1ccc(OCCCN2CCCC(C)C2)c(OC)c1.O=C(O)C(=O)O. The van der Waals surface area contributed by atoms with Gasteiger partial charge in [-0.15, -0.1) is 0 Å². The molecule has 0 saturated carbocycles. The van der Waals surface area contributed by atoms with Gasteiger partial charge >= 0.3 is 11.9 Å². The number of piperidine rings is 1. The number of aliphatic carboxylic acids is 2. The standard InChI is InChI=1S/C19H29NO2.C2H2O4/c1-4-7-17-9-10-18(19(14-17)21-3)22-13-6-12-20-11-5-8-16(2)15-20;3-1(4)2(5)6/h4,7,9-10,14,16H,5-6,8,11-13,15H2,1-3H3;(H,3,4)(H,5,6)/b7-4+;. The lowest BCUT2D eigenvalue weighted by Gasteiger charge is -2.30. The van der Waals surface area contributed by atoms with E-state index in [9.17, 15) is 0 Å². The quantitative estimate of drug-likeness (QED) is 0.541. The Balaban J connectivity index is 0.000000568. The number of methoxy groups -OCH3 is 1. The Labute approximate surface area is 166 Å². The number of nitrogens with zero attached hydrogens (tertiary/aromatic N) is 1. The molecule has 1 atom stereocenters. The molecule has 0 radical (unpaired) electrons. The van der Waals surface area contributed by atoms with E-state index in [1.165, 1.54) is 25.9 Å². The second-order valence-electron chi connectivity index (χ2n) is 6.77. The lowest BCUT2D eigenvalue weighted by molar-refractivity contribution is -0.159. The Morgan fingerprint density at radius 3 is 2.54 bits per heavy atom. The summed E-state index contributed by atoms with van der Waals surface area (Å²) < 4.78 is 11.3. The van der Waals surface area contributed by atoms with Gasteiger partial charge in [0.25, 0.3) is 0 Å². The van der Waals surface area contributed by atoms with E-state index >= 15 is 0 Å². The Morgan fingerprint density at radius 1 is 1.25 bits per heavy atom. The number of carboxylic acids is 2. The number of carbonyl (C=O) groups is 2. The molecule has 0 spiro atoms. The second kappa shape index (κ2) is 12.8. The molecule has 1 aromatic rings. The highest BCUT2D eigenvalue weighted by Gasteiger charge is 2.15. The summed E-state index contributed by atoms with van der Waals surface area (Å²) in [5.74, 6) is -1.16. The van der Waals surface area contributed by atoms with Crippen molar-refractivity contribution in [1.82, 2.24) is 4.90 Å². The Morgan fingerprint density at radius 2 is 1.96 bits per heavy atom. The average molecular weight is 393 g/mol. The van der Waals surface area contributed by atoms with Crippen LogP contribution in [0.5, 0.6) is 11.5 Å². The van der Waals surface area contributed by atoms with E-state index in [0.29, 0.717) is 0 Å². The maximum atomic E-state index is 9.10. The van der Waals surface area contributed by atoms with Crippen LogP contribution in [-0.4, -0.2) is 60.4 Å². The van der Waals surface area contributed by atoms with Crippen molar-refractivity contribution in [2.75, 3.05) is 33.4 Å². The molecule has 0 aliphatic carbocycles. The predicted octanol–water partition coefficient (Wildman–Crippen LogP) is 3.38. The zero-order chi connectivity index (χ0) is 20.9. The molecule has 156 valence electrons. The molecule has 1 fully saturated rings. The van der Waals surface area contributed by atoms with Crippen LogP contribution in [0.1, 0.15) is 38.7 Å². The topological polar surface area (TPSA) is 96.3 Å². The Hall–Kier alpha value is -2.54. The van der Waals surface area contributed by atoms with Gasteiger partial charge in [-0.2, -0.15) is 0 Å². The van der Waals surface area contributed by atoms with Crippen LogP contribution < -0.4 is 9.47 Å². The second-order valence-corrected chi connectivity index (χ2v) is 6.77. The summed E-state index contributed by atoms with van der Waals surface area (Å²) in [6.07, 6.45) is 7.86. The van der Waals surface area contributed by atoms with Crippen molar-refractivity contribution in [2.45, 2.75) is 33.1 Å². The van der Waals surface area contributed by atoms with Gasteiger partial charge in [-0.1, -0.05) is 25.1 Å². The van der Waals surface area contributed by atoms with E-state index in [0.717, 1.165) is 42.6 Å². The fraction of sp³-hybridized carbons (Fsp3) is 0.524. The summed E-state index contributed by atoms with van der Waals surface area (Å²) in [6, 6.07) is 6.07. The third-order valence-electron chi connectivity index (χ3n) is 4.35. The molecule has 28 heavy (non-hydrogen) atoms. The molecule has 2 N–H and O–H groups in total. The summed E-state index contributed by atoms with van der Waals surface area (Å²) in [5.41, 5.74) is 1.13. The van der Waals surface area contributed by atoms with Crippen molar-refractivity contribution in [3.05, 3.63) is 29.8 Å². The van der Waals surface area contributed by atoms with Gasteiger partial charge in [0, 0.05) is 13.1 Å². The minimum Gasteiger partial charge on any atom is -0.493 e. The number of allylic oxidation sites excluding steroid dienone is 1. The summed E-state index contributed by atoms with van der Waals surface area (Å²) in [6.45, 7) is 8.71. The van der Waals surface area contributed by atoms with E-state index in [4.69, 9.17) is 29.3 Å². The molecule has 1 heterocycles. The van der Waals surface area contributed by atoms with Gasteiger partial charge in [0.05, 0.1) is 13.7 Å². The highest BCUT2D eigenvalue weighted by Crippen LogP contribution is 2.28. The molecule has 1 aliphatic rings. The number of hydrogen-bond acceptors (Lipinski definition) is 5. The molecule has 1 aromatic carbocycles. The Kier molecular flexibility index (Phi) is 10.7. The van der Waals surface area contributed by atoms with Crippen LogP contribution in [-0.2, 0) is 9.59 Å². The molecule has 0 aromatic heterocycles. The van der Waals surface area contributed by atoms with Gasteiger partial charge in [-0.25, -0.2) is 9.59 Å². The zero-order valence-corrected chi connectivity index (χ0v) is 16.9. The third-order valence-corrected chi connectivity index (χ3v) is 4.35. The third kappa shape index (κ3) is 8.90. The van der Waals surface area contributed by atoms with Crippen LogP contribution in [0, 0.1) is 5.92 Å². The van der Waals surface area contributed by atoms with Crippen molar-refractivity contribution < 1.29 is 29.3 Å². The van der Waals surface area contributed by atoms with Crippen molar-refractivity contribution >= 4 is 18.0 Å². The number of hydrogen-bond donors (Lipinski definition) is 2. The molecule has 7 nitrogen and oxygen atoms in total. The molecule has 0 amide bonds. The molecule has 1 aliphatic heterocycles. The van der Waals surface area contributed by atoms with Gasteiger partial charge in [0.1, 0.15) is 0 Å². The van der Waals surface area contributed by atoms with Crippen LogP contribution in [0.15, 0.2) is 24.3 Å². The highest BCUT2D eigenvalue weighted by molar-refractivity contribution is 6.27. The minimum absolute atomic E-state index is 0.740. The monoisotopic (exact) mass is 393 g/mol. The van der Waals surface area contributed by atoms with Gasteiger partial charge in [-0.3, -0.25) is 0 Å². The number of likely N-dealkylation sites (tertiary alicyclic amines) is 1. The van der Waals surface area contributed by atoms with Crippen molar-refractivity contribution in [3.63, 3.8) is 0 Å². The van der Waals surface area contributed by atoms with E-state index in [1.807, 2.05) is 25.1 Å². The summed E-state index contributed by atoms with van der Waals surface area (Å²) in [5, 5.41) is 14.8. The van der Waals surface area contributed by atoms with E-state index < -0.39 is 11.9 Å². The predicted molar refractivity (Wildman–Crippen MR) is 108 cm³/mol. The van der Waals surface area contributed by atoms with Crippen LogP contribution in [0.2, 0.25) is 0 Å². The maximum Gasteiger partial charge on any atom is 0.414 e. The molecule has 1 unspecified atom stereocenters. The smallest absolute Gasteiger partial charge is 0.414 e. The average Bonchev–Trinajstić information content (AvgIpc) is 2.66.